The van der Waals surface area contributed by atoms with Crippen molar-refractivity contribution in [3.05, 3.63) is 52.8 Å². The molecule has 2 rings (SSSR count). The molecule has 0 radical (unpaired) electrons. The van der Waals surface area contributed by atoms with E-state index in [1.54, 1.807) is 4.72 Å². The van der Waals surface area contributed by atoms with Gasteiger partial charge in [0, 0.05) is 6.07 Å². The summed E-state index contributed by atoms with van der Waals surface area (Å²) in [6.07, 6.45) is 0. The Morgan fingerprint density at radius 3 is 1.83 bits per heavy atom. The maximum atomic E-state index is 13.6. The highest BCUT2D eigenvalue weighted by atomic mass is 32.2. The highest BCUT2D eigenvalue weighted by Crippen LogP contribution is 2.29. The molecule has 0 aliphatic carbocycles. The van der Waals surface area contributed by atoms with Crippen LogP contribution in [-0.2, 0) is 10.0 Å². The minimum atomic E-state index is -5.13. The van der Waals surface area contributed by atoms with Crippen molar-refractivity contribution in [3.8, 4) is 5.75 Å². The van der Waals surface area contributed by atoms with E-state index in [1.807, 2.05) is 0 Å². The van der Waals surface area contributed by atoms with Gasteiger partial charge in [-0.15, -0.1) is 0 Å². The molecule has 0 aliphatic rings. The standard InChI is InChI=1S/C13H8F5NO3S/c1-5-2-6(4-7(20)3-5)19-23(21,22)13-11(17)9(15)8(14)10(16)12(13)18/h2-4,19-20H,1H3. The van der Waals surface area contributed by atoms with Crippen molar-refractivity contribution in [2.45, 2.75) is 11.8 Å². The molecule has 0 bridgehead atoms. The Bertz CT molecular complexity index is 850. The molecule has 0 unspecified atom stereocenters. The van der Waals surface area contributed by atoms with Crippen LogP contribution in [0.5, 0.6) is 5.75 Å². The number of anilines is 1. The fourth-order valence-corrected chi connectivity index (χ4v) is 3.03. The van der Waals surface area contributed by atoms with Crippen LogP contribution in [0.3, 0.4) is 0 Å². The molecule has 10 heteroatoms. The summed E-state index contributed by atoms with van der Waals surface area (Å²) in [7, 11) is -5.13. The Morgan fingerprint density at radius 1 is 0.870 bits per heavy atom. The second-order valence-corrected chi connectivity index (χ2v) is 6.18. The zero-order chi connectivity index (χ0) is 17.5. The Kier molecular flexibility index (Phi) is 4.20. The second kappa shape index (κ2) is 5.69. The monoisotopic (exact) mass is 353 g/mol. The summed E-state index contributed by atoms with van der Waals surface area (Å²) in [5, 5.41) is 9.34. The number of aromatic hydroxyl groups is 1. The Morgan fingerprint density at radius 2 is 1.35 bits per heavy atom. The predicted molar refractivity (Wildman–Crippen MR) is 69.9 cm³/mol. The SMILES string of the molecule is Cc1cc(O)cc(NS(=O)(=O)c2c(F)c(F)c(F)c(F)c2F)c1. The highest BCUT2D eigenvalue weighted by molar-refractivity contribution is 7.92. The summed E-state index contributed by atoms with van der Waals surface area (Å²) in [4.78, 5) is -2.00. The third-order valence-electron chi connectivity index (χ3n) is 2.75. The predicted octanol–water partition coefficient (Wildman–Crippen LogP) is 3.20. The Labute approximate surface area is 127 Å². The molecule has 0 heterocycles. The molecule has 0 amide bonds. The van der Waals surface area contributed by atoms with Crippen molar-refractivity contribution in [1.29, 1.82) is 0 Å². The normalized spacial score (nSPS) is 11.6. The molecule has 23 heavy (non-hydrogen) atoms. The van der Waals surface area contributed by atoms with Gasteiger partial charge in [0.15, 0.2) is 28.2 Å². The molecule has 4 nitrogen and oxygen atoms in total. The Balaban J connectivity index is 2.61. The van der Waals surface area contributed by atoms with Crippen LogP contribution in [0, 0.1) is 36.0 Å². The number of benzene rings is 2. The van der Waals surface area contributed by atoms with Crippen LogP contribution in [0.25, 0.3) is 0 Å². The maximum absolute atomic E-state index is 13.6. The van der Waals surface area contributed by atoms with Crippen molar-refractivity contribution < 1.29 is 35.5 Å². The topological polar surface area (TPSA) is 66.4 Å². The van der Waals surface area contributed by atoms with Gasteiger partial charge < -0.3 is 5.11 Å². The minimum Gasteiger partial charge on any atom is -0.508 e. The molecular formula is C13H8F5NO3S. The molecule has 0 aromatic heterocycles. The quantitative estimate of drug-likeness (QED) is 0.506. The van der Waals surface area contributed by atoms with E-state index in [0.29, 0.717) is 5.56 Å². The van der Waals surface area contributed by atoms with Gasteiger partial charge in [0.2, 0.25) is 5.82 Å². The van der Waals surface area contributed by atoms with Gasteiger partial charge in [0.1, 0.15) is 5.75 Å². The number of phenolic OH excluding ortho intramolecular Hbond substituents is 1. The molecule has 2 aromatic carbocycles. The van der Waals surface area contributed by atoms with Crippen molar-refractivity contribution in [2.75, 3.05) is 4.72 Å². The van der Waals surface area contributed by atoms with Gasteiger partial charge >= 0.3 is 0 Å². The van der Waals surface area contributed by atoms with Crippen molar-refractivity contribution in [3.63, 3.8) is 0 Å². The summed E-state index contributed by atoms with van der Waals surface area (Å²) in [6.45, 7) is 1.48. The zero-order valence-corrected chi connectivity index (χ0v) is 12.1. The van der Waals surface area contributed by atoms with E-state index in [4.69, 9.17) is 0 Å². The van der Waals surface area contributed by atoms with Gasteiger partial charge in [-0.3, -0.25) is 4.72 Å². The van der Waals surface area contributed by atoms with Crippen LogP contribution in [0.15, 0.2) is 23.1 Å². The van der Waals surface area contributed by atoms with E-state index in [2.05, 4.69) is 0 Å². The second-order valence-electron chi connectivity index (χ2n) is 4.56. The molecule has 0 saturated carbocycles. The molecule has 0 atom stereocenters. The lowest BCUT2D eigenvalue weighted by Gasteiger charge is -2.12. The third kappa shape index (κ3) is 3.07. The van der Waals surface area contributed by atoms with Gasteiger partial charge in [0.25, 0.3) is 10.0 Å². The van der Waals surface area contributed by atoms with E-state index in [9.17, 15) is 35.5 Å². The first-order valence-electron chi connectivity index (χ1n) is 5.89. The number of sulfonamides is 1. The van der Waals surface area contributed by atoms with Crippen LogP contribution in [0.1, 0.15) is 5.56 Å². The van der Waals surface area contributed by atoms with Gasteiger partial charge in [-0.25, -0.2) is 30.4 Å². The number of hydrogen-bond acceptors (Lipinski definition) is 3. The van der Waals surface area contributed by atoms with Crippen molar-refractivity contribution in [1.82, 2.24) is 0 Å². The lowest BCUT2D eigenvalue weighted by atomic mass is 10.2. The zero-order valence-electron chi connectivity index (χ0n) is 11.3. The van der Waals surface area contributed by atoms with E-state index < -0.39 is 44.0 Å². The molecule has 2 aromatic rings. The number of aryl methyl sites for hydroxylation is 1. The lowest BCUT2D eigenvalue weighted by molar-refractivity contribution is 0.358. The van der Waals surface area contributed by atoms with E-state index >= 15 is 0 Å². The van der Waals surface area contributed by atoms with Gasteiger partial charge in [-0.05, 0) is 24.6 Å². The maximum Gasteiger partial charge on any atom is 0.267 e. The fourth-order valence-electron chi connectivity index (χ4n) is 1.85. The first-order chi connectivity index (χ1) is 10.5. The number of nitrogens with one attached hydrogen (secondary N) is 1. The number of phenols is 1. The fraction of sp³-hybridized carbons (Fsp3) is 0.0769. The number of rotatable bonds is 3. The summed E-state index contributed by atoms with van der Waals surface area (Å²) in [6, 6.07) is 3.34. The van der Waals surface area contributed by atoms with E-state index in [0.717, 1.165) is 6.07 Å². The summed E-state index contributed by atoms with van der Waals surface area (Å²) < 4.78 is 91.9. The molecule has 124 valence electrons. The molecule has 0 fully saturated rings. The molecule has 0 spiro atoms. The average molecular weight is 353 g/mol. The van der Waals surface area contributed by atoms with Crippen LogP contribution < -0.4 is 4.72 Å². The van der Waals surface area contributed by atoms with Crippen LogP contribution in [-0.4, -0.2) is 13.5 Å². The molecule has 0 saturated heterocycles. The van der Waals surface area contributed by atoms with Crippen LogP contribution in [0.2, 0.25) is 0 Å². The van der Waals surface area contributed by atoms with Gasteiger partial charge in [-0.1, -0.05) is 0 Å². The number of halogens is 5. The van der Waals surface area contributed by atoms with Crippen molar-refractivity contribution in [2.24, 2.45) is 0 Å². The summed E-state index contributed by atoms with van der Waals surface area (Å²) in [5.74, 6) is -12.5. The summed E-state index contributed by atoms with van der Waals surface area (Å²) >= 11 is 0. The summed E-state index contributed by atoms with van der Waals surface area (Å²) in [5.41, 5.74) is 0.0755. The average Bonchev–Trinajstić information content (AvgIpc) is 2.41. The third-order valence-corrected chi connectivity index (χ3v) is 4.15. The van der Waals surface area contributed by atoms with Gasteiger partial charge in [-0.2, -0.15) is 0 Å². The largest absolute Gasteiger partial charge is 0.508 e. The van der Waals surface area contributed by atoms with Crippen LogP contribution in [0.4, 0.5) is 27.6 Å². The first-order valence-corrected chi connectivity index (χ1v) is 7.38. The molecule has 0 aliphatic heterocycles. The van der Waals surface area contributed by atoms with Crippen LogP contribution >= 0.6 is 0 Å². The van der Waals surface area contributed by atoms with E-state index in [1.165, 1.54) is 19.1 Å². The molecular weight excluding hydrogens is 345 g/mol. The smallest absolute Gasteiger partial charge is 0.267 e. The van der Waals surface area contributed by atoms with Crippen molar-refractivity contribution >= 4 is 15.7 Å². The van der Waals surface area contributed by atoms with Gasteiger partial charge in [0.05, 0.1) is 5.69 Å². The highest BCUT2D eigenvalue weighted by Gasteiger charge is 2.33. The lowest BCUT2D eigenvalue weighted by Crippen LogP contribution is -2.19. The number of hydrogen-bond donors (Lipinski definition) is 2. The Hall–Kier alpha value is -2.36. The molecule has 2 N–H and O–H groups in total. The first kappa shape index (κ1) is 17.0. The minimum absolute atomic E-state index is 0.313. The van der Waals surface area contributed by atoms with E-state index in [-0.39, 0.29) is 11.4 Å².